The van der Waals surface area contributed by atoms with Crippen LogP contribution in [0.3, 0.4) is 0 Å². The molecule has 0 unspecified atom stereocenters. The molecular weight excluding hydrogens is 256 g/mol. The van der Waals surface area contributed by atoms with Gasteiger partial charge in [-0.25, -0.2) is 0 Å². The molecule has 0 atom stereocenters. The Bertz CT molecular complexity index is 698. The highest BCUT2D eigenvalue weighted by Gasteiger charge is 2.07. The summed E-state index contributed by atoms with van der Waals surface area (Å²) >= 11 is 1.72. The molecule has 0 aromatic carbocycles. The Morgan fingerprint density at radius 3 is 3.11 bits per heavy atom. The lowest BCUT2D eigenvalue weighted by Gasteiger charge is -2.06. The van der Waals surface area contributed by atoms with E-state index >= 15 is 0 Å². The lowest BCUT2D eigenvalue weighted by Crippen LogP contribution is -2.01. The molecule has 0 saturated carbocycles. The lowest BCUT2D eigenvalue weighted by molar-refractivity contribution is 0.746. The van der Waals surface area contributed by atoms with Gasteiger partial charge in [-0.3, -0.25) is 9.67 Å². The molecule has 19 heavy (non-hydrogen) atoms. The van der Waals surface area contributed by atoms with E-state index in [0.29, 0.717) is 0 Å². The van der Waals surface area contributed by atoms with Crippen LogP contribution in [0.1, 0.15) is 18.2 Å². The Morgan fingerprint density at radius 1 is 1.37 bits per heavy atom. The first-order chi connectivity index (χ1) is 9.28. The van der Waals surface area contributed by atoms with E-state index in [9.17, 15) is 0 Å². The highest BCUT2D eigenvalue weighted by molar-refractivity contribution is 7.17. The van der Waals surface area contributed by atoms with Crippen molar-refractivity contribution in [2.45, 2.75) is 19.9 Å². The maximum atomic E-state index is 4.46. The Balaban J connectivity index is 1.84. The molecule has 3 aromatic heterocycles. The summed E-state index contributed by atoms with van der Waals surface area (Å²) in [4.78, 5) is 4.35. The van der Waals surface area contributed by atoms with Crippen molar-refractivity contribution in [2.75, 3.05) is 5.32 Å². The molecule has 1 N–H and O–H groups in total. The van der Waals surface area contributed by atoms with Gasteiger partial charge in [-0.1, -0.05) is 6.92 Å². The van der Waals surface area contributed by atoms with Gasteiger partial charge in [0.25, 0.3) is 0 Å². The maximum Gasteiger partial charge on any atom is 0.0830 e. The smallest absolute Gasteiger partial charge is 0.0830 e. The van der Waals surface area contributed by atoms with Gasteiger partial charge < -0.3 is 5.32 Å². The average Bonchev–Trinajstić information content (AvgIpc) is 3.02. The molecule has 0 radical (unpaired) electrons. The van der Waals surface area contributed by atoms with Crippen LogP contribution >= 0.6 is 11.3 Å². The minimum Gasteiger partial charge on any atom is -0.380 e. The molecule has 0 aliphatic heterocycles. The number of nitrogens with zero attached hydrogens (tertiary/aromatic N) is 3. The van der Waals surface area contributed by atoms with Gasteiger partial charge in [-0.05, 0) is 23.9 Å². The van der Waals surface area contributed by atoms with Crippen LogP contribution in [0.25, 0.3) is 10.2 Å². The number of hydrogen-bond donors (Lipinski definition) is 1. The lowest BCUT2D eigenvalue weighted by atomic mass is 10.2. The summed E-state index contributed by atoms with van der Waals surface area (Å²) in [5, 5.41) is 10.0. The van der Waals surface area contributed by atoms with Crippen molar-refractivity contribution in [2.24, 2.45) is 7.05 Å². The summed E-state index contributed by atoms with van der Waals surface area (Å²) in [6.07, 6.45) is 4.89. The highest BCUT2D eigenvalue weighted by Crippen LogP contribution is 2.27. The SMILES string of the molecule is CCc1nn(C)cc1CNc1ccnc2ccsc12. The number of aromatic nitrogens is 3. The average molecular weight is 272 g/mol. The number of anilines is 1. The molecular formula is C14H16N4S. The molecule has 0 aliphatic carbocycles. The first kappa shape index (κ1) is 12.2. The van der Waals surface area contributed by atoms with Crippen molar-refractivity contribution < 1.29 is 0 Å². The van der Waals surface area contributed by atoms with E-state index in [1.807, 2.05) is 30.1 Å². The summed E-state index contributed by atoms with van der Waals surface area (Å²) in [6.45, 7) is 2.93. The molecule has 3 aromatic rings. The van der Waals surface area contributed by atoms with Gasteiger partial charge in [0, 0.05) is 31.5 Å². The van der Waals surface area contributed by atoms with Crippen LogP contribution in [0.4, 0.5) is 5.69 Å². The van der Waals surface area contributed by atoms with Crippen LogP contribution in [0, 0.1) is 0 Å². The summed E-state index contributed by atoms with van der Waals surface area (Å²) in [5.41, 5.74) is 4.61. The van der Waals surface area contributed by atoms with Crippen molar-refractivity contribution in [3.8, 4) is 0 Å². The van der Waals surface area contributed by atoms with Crippen molar-refractivity contribution in [3.05, 3.63) is 41.2 Å². The third kappa shape index (κ3) is 2.33. The fourth-order valence-corrected chi connectivity index (χ4v) is 3.07. The van der Waals surface area contributed by atoms with Crippen LogP contribution in [0.15, 0.2) is 29.9 Å². The van der Waals surface area contributed by atoms with Crippen LogP contribution in [-0.2, 0) is 20.0 Å². The van der Waals surface area contributed by atoms with E-state index in [0.717, 1.165) is 29.9 Å². The van der Waals surface area contributed by atoms with Crippen molar-refractivity contribution in [1.29, 1.82) is 0 Å². The standard InChI is InChI=1S/C14H16N4S/c1-3-11-10(9-18(2)17-11)8-16-12-4-6-15-13-5-7-19-14(12)13/h4-7,9H,3,8H2,1-2H3,(H,15,16). The maximum absolute atomic E-state index is 4.46. The van der Waals surface area contributed by atoms with E-state index in [4.69, 9.17) is 0 Å². The number of fused-ring (bicyclic) bond motifs is 1. The van der Waals surface area contributed by atoms with Gasteiger partial charge >= 0.3 is 0 Å². The van der Waals surface area contributed by atoms with E-state index in [1.165, 1.54) is 10.3 Å². The highest BCUT2D eigenvalue weighted by atomic mass is 32.1. The Hall–Kier alpha value is -1.88. The zero-order valence-corrected chi connectivity index (χ0v) is 11.9. The minimum atomic E-state index is 0.800. The Kier molecular flexibility index (Phi) is 3.21. The zero-order valence-electron chi connectivity index (χ0n) is 11.1. The van der Waals surface area contributed by atoms with E-state index in [2.05, 4.69) is 33.9 Å². The number of nitrogens with one attached hydrogen (secondary N) is 1. The van der Waals surface area contributed by atoms with Gasteiger partial charge in [-0.2, -0.15) is 5.10 Å². The minimum absolute atomic E-state index is 0.800. The van der Waals surface area contributed by atoms with E-state index in [-0.39, 0.29) is 0 Å². The van der Waals surface area contributed by atoms with E-state index in [1.54, 1.807) is 11.3 Å². The number of hydrogen-bond acceptors (Lipinski definition) is 4. The molecule has 0 amide bonds. The number of aryl methyl sites for hydroxylation is 2. The van der Waals surface area contributed by atoms with Gasteiger partial charge in [-0.15, -0.1) is 11.3 Å². The van der Waals surface area contributed by atoms with Crippen LogP contribution in [-0.4, -0.2) is 14.8 Å². The molecule has 3 heterocycles. The van der Waals surface area contributed by atoms with Crippen molar-refractivity contribution in [3.63, 3.8) is 0 Å². The van der Waals surface area contributed by atoms with Gasteiger partial charge in [0.2, 0.25) is 0 Å². The normalized spacial score (nSPS) is 11.1. The van der Waals surface area contributed by atoms with Crippen LogP contribution < -0.4 is 5.32 Å². The third-order valence-corrected chi connectivity index (χ3v) is 4.08. The van der Waals surface area contributed by atoms with Gasteiger partial charge in [0.1, 0.15) is 0 Å². The fraction of sp³-hybridized carbons (Fsp3) is 0.286. The molecule has 4 nitrogen and oxygen atoms in total. The fourth-order valence-electron chi connectivity index (χ4n) is 2.23. The summed E-state index contributed by atoms with van der Waals surface area (Å²) in [6, 6.07) is 4.08. The molecule has 0 bridgehead atoms. The topological polar surface area (TPSA) is 42.7 Å². The van der Waals surface area contributed by atoms with Crippen LogP contribution in [0.2, 0.25) is 0 Å². The summed E-state index contributed by atoms with van der Waals surface area (Å²) < 4.78 is 3.09. The molecule has 98 valence electrons. The molecule has 0 fully saturated rings. The second-order valence-electron chi connectivity index (χ2n) is 4.48. The monoisotopic (exact) mass is 272 g/mol. The van der Waals surface area contributed by atoms with Crippen LogP contribution in [0.5, 0.6) is 0 Å². The van der Waals surface area contributed by atoms with Gasteiger partial charge in [0.05, 0.1) is 21.6 Å². The summed E-state index contributed by atoms with van der Waals surface area (Å²) in [7, 11) is 1.96. The number of thiophene rings is 1. The Morgan fingerprint density at radius 2 is 2.26 bits per heavy atom. The predicted octanol–water partition coefficient (Wildman–Crippen LogP) is 3.20. The molecule has 5 heteroatoms. The number of pyridine rings is 1. The molecule has 3 rings (SSSR count). The molecule has 0 spiro atoms. The first-order valence-electron chi connectivity index (χ1n) is 6.35. The first-order valence-corrected chi connectivity index (χ1v) is 7.23. The quantitative estimate of drug-likeness (QED) is 0.793. The van der Waals surface area contributed by atoms with Gasteiger partial charge in [0.15, 0.2) is 0 Å². The zero-order chi connectivity index (χ0) is 13.2. The molecule has 0 saturated heterocycles. The second kappa shape index (κ2) is 5.01. The van der Waals surface area contributed by atoms with E-state index < -0.39 is 0 Å². The second-order valence-corrected chi connectivity index (χ2v) is 5.39. The predicted molar refractivity (Wildman–Crippen MR) is 79.5 cm³/mol. The van der Waals surface area contributed by atoms with Crippen molar-refractivity contribution >= 4 is 27.2 Å². The largest absolute Gasteiger partial charge is 0.380 e. The Labute approximate surface area is 116 Å². The third-order valence-electron chi connectivity index (χ3n) is 3.14. The number of rotatable bonds is 4. The molecule has 0 aliphatic rings. The van der Waals surface area contributed by atoms with Crippen molar-refractivity contribution in [1.82, 2.24) is 14.8 Å². The summed E-state index contributed by atoms with van der Waals surface area (Å²) in [5.74, 6) is 0.